The number of nitrogens with zero attached hydrogens (tertiary/aromatic N) is 2. The fraction of sp³-hybridized carbons (Fsp3) is 0. The van der Waals surface area contributed by atoms with Crippen molar-refractivity contribution in [1.82, 2.24) is 0 Å². The molecule has 2 heteroatoms. The number of hydrogen-bond acceptors (Lipinski definition) is 2. The van der Waals surface area contributed by atoms with Gasteiger partial charge in [0, 0.05) is 44.0 Å². The van der Waals surface area contributed by atoms with E-state index < -0.39 is 0 Å². The summed E-state index contributed by atoms with van der Waals surface area (Å²) in [5, 5.41) is 12.0. The maximum atomic E-state index is 2.50. The molecule has 0 aliphatic rings. The average Bonchev–Trinajstić information content (AvgIpc) is 3.37. The third-order valence-corrected chi connectivity index (χ3v) is 12.7. The second kappa shape index (κ2) is 15.8. The zero-order chi connectivity index (χ0) is 42.4. The van der Waals surface area contributed by atoms with E-state index in [0.717, 1.165) is 44.9 Å². The zero-order valence-corrected chi connectivity index (χ0v) is 35.1. The minimum atomic E-state index is 1.09. The normalized spacial score (nSPS) is 11.4. The first-order valence-electron chi connectivity index (χ1n) is 22.0. The van der Waals surface area contributed by atoms with Gasteiger partial charge in [0.2, 0.25) is 0 Å². The van der Waals surface area contributed by atoms with E-state index in [0.29, 0.717) is 0 Å². The highest BCUT2D eigenvalue weighted by Gasteiger charge is 2.26. The molecule has 64 heavy (non-hydrogen) atoms. The minimum absolute atomic E-state index is 1.09. The molecule has 12 rings (SSSR count). The Morgan fingerprint density at radius 2 is 0.547 bits per heavy atom. The predicted octanol–water partition coefficient (Wildman–Crippen LogP) is 17.7. The maximum Gasteiger partial charge on any atom is 0.0618 e. The monoisotopic (exact) mass is 814 g/mol. The third-order valence-electron chi connectivity index (χ3n) is 12.7. The van der Waals surface area contributed by atoms with Gasteiger partial charge in [-0.2, -0.15) is 0 Å². The van der Waals surface area contributed by atoms with E-state index in [1.54, 1.807) is 0 Å². The zero-order valence-electron chi connectivity index (χ0n) is 35.1. The Kier molecular flexibility index (Phi) is 9.20. The van der Waals surface area contributed by atoms with Crippen molar-refractivity contribution < 1.29 is 0 Å². The van der Waals surface area contributed by atoms with E-state index in [9.17, 15) is 0 Å². The molecule has 0 amide bonds. The highest BCUT2D eigenvalue weighted by Crippen LogP contribution is 2.52. The van der Waals surface area contributed by atoms with Gasteiger partial charge in [0.1, 0.15) is 0 Å². The molecule has 12 aromatic carbocycles. The first-order chi connectivity index (χ1) is 31.8. The number of hydrogen-bond donors (Lipinski definition) is 0. The Morgan fingerprint density at radius 3 is 0.938 bits per heavy atom. The number of rotatable bonds is 8. The molecule has 0 bridgehead atoms. The van der Waals surface area contributed by atoms with Gasteiger partial charge in [-0.3, -0.25) is 0 Å². The van der Waals surface area contributed by atoms with Gasteiger partial charge in [-0.05, 0) is 104 Å². The van der Waals surface area contributed by atoms with E-state index in [4.69, 9.17) is 0 Å². The molecule has 0 aromatic heterocycles. The highest BCUT2D eigenvalue weighted by atomic mass is 15.2. The largest absolute Gasteiger partial charge is 0.309 e. The van der Waals surface area contributed by atoms with Gasteiger partial charge in [-0.25, -0.2) is 0 Å². The Morgan fingerprint density at radius 1 is 0.219 bits per heavy atom. The highest BCUT2D eigenvalue weighted by molar-refractivity contribution is 6.17. The van der Waals surface area contributed by atoms with Crippen molar-refractivity contribution in [3.05, 3.63) is 255 Å². The van der Waals surface area contributed by atoms with Gasteiger partial charge >= 0.3 is 0 Å². The van der Waals surface area contributed by atoms with Crippen LogP contribution in [0.15, 0.2) is 255 Å². The number of fused-ring (bicyclic) bond motifs is 5. The summed E-state index contributed by atoms with van der Waals surface area (Å²) in [4.78, 5) is 5.00. The Bertz CT molecular complexity index is 3410. The van der Waals surface area contributed by atoms with Crippen molar-refractivity contribution in [2.24, 2.45) is 0 Å². The van der Waals surface area contributed by atoms with E-state index in [1.807, 2.05) is 0 Å². The van der Waals surface area contributed by atoms with Crippen LogP contribution in [0, 0.1) is 0 Å². The molecule has 0 aliphatic heterocycles. The molecule has 12 aromatic rings. The van der Waals surface area contributed by atoms with Crippen LogP contribution in [0.2, 0.25) is 0 Å². The Hall–Kier alpha value is -8.46. The van der Waals surface area contributed by atoms with Crippen LogP contribution in [0.5, 0.6) is 0 Å². The average molecular weight is 815 g/mol. The lowest BCUT2D eigenvalue weighted by Gasteiger charge is -2.33. The molecule has 0 spiro atoms. The molecule has 0 unspecified atom stereocenters. The molecular weight excluding hydrogens is 773 g/mol. The molecule has 0 atom stereocenters. The molecule has 0 fully saturated rings. The topological polar surface area (TPSA) is 6.48 Å². The molecule has 0 saturated heterocycles. The van der Waals surface area contributed by atoms with E-state index in [2.05, 4.69) is 265 Å². The summed E-state index contributed by atoms with van der Waals surface area (Å²) in [6, 6.07) is 93.0. The number of benzene rings is 12. The summed E-state index contributed by atoms with van der Waals surface area (Å²) < 4.78 is 0. The lowest BCUT2D eigenvalue weighted by molar-refractivity contribution is 1.29. The molecule has 0 radical (unpaired) electrons. The maximum absolute atomic E-state index is 2.50. The van der Waals surface area contributed by atoms with Gasteiger partial charge in [-0.1, -0.05) is 194 Å². The predicted molar refractivity (Wildman–Crippen MR) is 274 cm³/mol. The second-order valence-electron chi connectivity index (χ2n) is 16.5. The first-order valence-corrected chi connectivity index (χ1v) is 22.0. The van der Waals surface area contributed by atoms with Crippen LogP contribution < -0.4 is 9.80 Å². The smallest absolute Gasteiger partial charge is 0.0618 e. The van der Waals surface area contributed by atoms with Gasteiger partial charge in [0.25, 0.3) is 0 Å². The fourth-order valence-electron chi connectivity index (χ4n) is 9.77. The summed E-state index contributed by atoms with van der Waals surface area (Å²) >= 11 is 0. The van der Waals surface area contributed by atoms with Crippen LogP contribution >= 0.6 is 0 Å². The quantitative estimate of drug-likeness (QED) is 0.141. The molecule has 0 N–H and O–H groups in total. The van der Waals surface area contributed by atoms with Gasteiger partial charge in [0.15, 0.2) is 0 Å². The van der Waals surface area contributed by atoms with Gasteiger partial charge < -0.3 is 9.80 Å². The van der Waals surface area contributed by atoms with Crippen LogP contribution in [0.1, 0.15) is 0 Å². The number of para-hydroxylation sites is 2. The standard InChI is InChI=1S/C62H42N2/c1-5-19-43(20-6-1)53-35-33-49-39-45-23-13-15-25-47(45)41-57(49)61(53)63(51-27-9-3-10-28-51)59-37-38-60(56-32-18-17-31-55(56)59)64(52-29-11-4-12-30-52)62-54(44-21-7-2-8-22-44)36-34-50-40-46-24-14-16-26-48(46)42-58(50)62/h1-42H. The molecule has 300 valence electrons. The fourth-order valence-corrected chi connectivity index (χ4v) is 9.77. The lowest BCUT2D eigenvalue weighted by Crippen LogP contribution is -2.15. The van der Waals surface area contributed by atoms with Crippen LogP contribution in [0.4, 0.5) is 34.1 Å². The van der Waals surface area contributed by atoms with Crippen LogP contribution in [0.3, 0.4) is 0 Å². The summed E-state index contributed by atoms with van der Waals surface area (Å²) in [5.41, 5.74) is 11.3. The molecule has 0 saturated carbocycles. The Balaban J connectivity index is 1.17. The lowest BCUT2D eigenvalue weighted by atomic mass is 9.93. The van der Waals surface area contributed by atoms with E-state index in [1.165, 1.54) is 65.3 Å². The summed E-state index contributed by atoms with van der Waals surface area (Å²) in [6.07, 6.45) is 0. The van der Waals surface area contributed by atoms with E-state index in [-0.39, 0.29) is 0 Å². The van der Waals surface area contributed by atoms with Crippen LogP contribution in [-0.2, 0) is 0 Å². The van der Waals surface area contributed by atoms with Gasteiger partial charge in [-0.15, -0.1) is 0 Å². The second-order valence-corrected chi connectivity index (χ2v) is 16.5. The third kappa shape index (κ3) is 6.44. The molecule has 0 heterocycles. The van der Waals surface area contributed by atoms with Crippen molar-refractivity contribution >= 4 is 88.0 Å². The minimum Gasteiger partial charge on any atom is -0.309 e. The van der Waals surface area contributed by atoms with Crippen molar-refractivity contribution in [2.75, 3.05) is 9.80 Å². The Labute approximate surface area is 373 Å². The summed E-state index contributed by atoms with van der Waals surface area (Å²) in [5.74, 6) is 0. The van der Waals surface area contributed by atoms with Crippen LogP contribution in [-0.4, -0.2) is 0 Å². The van der Waals surface area contributed by atoms with Crippen molar-refractivity contribution in [3.63, 3.8) is 0 Å². The summed E-state index contributed by atoms with van der Waals surface area (Å²) in [7, 11) is 0. The van der Waals surface area contributed by atoms with Crippen molar-refractivity contribution in [1.29, 1.82) is 0 Å². The summed E-state index contributed by atoms with van der Waals surface area (Å²) in [6.45, 7) is 0. The first kappa shape index (κ1) is 37.3. The van der Waals surface area contributed by atoms with Crippen molar-refractivity contribution in [2.45, 2.75) is 0 Å². The molecular formula is C62H42N2. The molecule has 2 nitrogen and oxygen atoms in total. The molecule has 0 aliphatic carbocycles. The van der Waals surface area contributed by atoms with Crippen LogP contribution in [0.25, 0.3) is 76.1 Å². The van der Waals surface area contributed by atoms with E-state index >= 15 is 0 Å². The number of anilines is 6. The van der Waals surface area contributed by atoms with Crippen molar-refractivity contribution in [3.8, 4) is 22.3 Å². The van der Waals surface area contributed by atoms with Gasteiger partial charge in [0.05, 0.1) is 22.7 Å². The SMILES string of the molecule is c1ccc(-c2ccc3cc4ccccc4cc3c2N(c2ccccc2)c2ccc(N(c3ccccc3)c3c(-c4ccccc4)ccc4cc5ccccc5cc34)c3ccccc23)cc1.